The minimum Gasteiger partial charge on any atom is -0.381 e. The molecule has 0 saturated carbocycles. The summed E-state index contributed by atoms with van der Waals surface area (Å²) in [4.78, 5) is 12.0. The minimum absolute atomic E-state index is 0.0670. The zero-order valence-corrected chi connectivity index (χ0v) is 13.1. The molecule has 2 fully saturated rings. The Bertz CT molecular complexity index is 349. The molecule has 20 heavy (non-hydrogen) atoms. The monoisotopic (exact) mass is 284 g/mol. The predicted octanol–water partition coefficient (Wildman–Crippen LogP) is 1.22. The topological polar surface area (TPSA) is 59.6 Å². The number of carbonyl (C=O) groups is 1. The largest absolute Gasteiger partial charge is 0.381 e. The molecule has 0 spiro atoms. The zero-order chi connectivity index (χ0) is 14.8. The molecule has 0 aromatic rings. The van der Waals surface area contributed by atoms with Crippen molar-refractivity contribution < 1.29 is 14.3 Å². The second-order valence-corrected chi connectivity index (χ2v) is 7.06. The van der Waals surface area contributed by atoms with Crippen LogP contribution in [0.5, 0.6) is 0 Å². The van der Waals surface area contributed by atoms with Crippen LogP contribution in [0.15, 0.2) is 0 Å². The molecule has 116 valence electrons. The molecule has 2 heterocycles. The Morgan fingerprint density at radius 2 is 1.85 bits per heavy atom. The Kier molecular flexibility index (Phi) is 4.72. The van der Waals surface area contributed by atoms with Crippen molar-refractivity contribution in [1.82, 2.24) is 10.6 Å². The van der Waals surface area contributed by atoms with E-state index >= 15 is 0 Å². The number of hydrogen-bond acceptors (Lipinski definition) is 4. The molecule has 2 rings (SSSR count). The van der Waals surface area contributed by atoms with Crippen LogP contribution in [0, 0.1) is 0 Å². The molecule has 0 aliphatic carbocycles. The molecule has 0 unspecified atom stereocenters. The normalized spacial score (nSPS) is 29.3. The highest BCUT2D eigenvalue weighted by Crippen LogP contribution is 2.37. The number of amides is 1. The van der Waals surface area contributed by atoms with E-state index in [4.69, 9.17) is 9.47 Å². The molecule has 1 amide bonds. The first kappa shape index (κ1) is 15.7. The van der Waals surface area contributed by atoms with Gasteiger partial charge in [0.15, 0.2) is 0 Å². The van der Waals surface area contributed by atoms with Crippen LogP contribution in [0.25, 0.3) is 0 Å². The fraction of sp³-hybridized carbons (Fsp3) is 0.933. The third-order valence-electron chi connectivity index (χ3n) is 4.17. The Morgan fingerprint density at radius 1 is 1.20 bits per heavy atom. The maximum atomic E-state index is 12.0. The molecular formula is C15H28N2O3. The molecule has 2 aliphatic rings. The van der Waals surface area contributed by atoms with Gasteiger partial charge in [-0.05, 0) is 47.0 Å². The van der Waals surface area contributed by atoms with Gasteiger partial charge in [-0.25, -0.2) is 0 Å². The summed E-state index contributed by atoms with van der Waals surface area (Å²) in [6.45, 7) is 10.2. The van der Waals surface area contributed by atoms with Crippen molar-refractivity contribution in [3.63, 3.8) is 0 Å². The summed E-state index contributed by atoms with van der Waals surface area (Å²) < 4.78 is 11.3. The molecule has 0 aromatic carbocycles. The number of ether oxygens (including phenoxy) is 2. The molecule has 1 atom stereocenters. The standard InChI is InChI=1S/C15H28N2O3/c1-14(2)9-12(15(3,4)20-14)16-10-13(18)17-11-5-7-19-8-6-11/h11-12,16H,5-10H2,1-4H3,(H,17,18)/t12-/m1/s1. The van der Waals surface area contributed by atoms with E-state index in [1.165, 1.54) is 0 Å². The van der Waals surface area contributed by atoms with Crippen LogP contribution in [-0.2, 0) is 14.3 Å². The average molecular weight is 284 g/mol. The van der Waals surface area contributed by atoms with E-state index in [0.717, 1.165) is 32.5 Å². The van der Waals surface area contributed by atoms with Crippen molar-refractivity contribution in [3.05, 3.63) is 0 Å². The molecule has 0 bridgehead atoms. The molecular weight excluding hydrogens is 256 g/mol. The summed E-state index contributed by atoms with van der Waals surface area (Å²) in [6.07, 6.45) is 2.75. The highest BCUT2D eigenvalue weighted by molar-refractivity contribution is 5.78. The third kappa shape index (κ3) is 4.17. The van der Waals surface area contributed by atoms with E-state index in [9.17, 15) is 4.79 Å². The number of hydrogen-bond donors (Lipinski definition) is 2. The predicted molar refractivity (Wildman–Crippen MR) is 77.6 cm³/mol. The van der Waals surface area contributed by atoms with Gasteiger partial charge in [-0.15, -0.1) is 0 Å². The van der Waals surface area contributed by atoms with E-state index in [-0.39, 0.29) is 29.2 Å². The van der Waals surface area contributed by atoms with Crippen LogP contribution in [0.4, 0.5) is 0 Å². The van der Waals surface area contributed by atoms with E-state index in [2.05, 4.69) is 38.3 Å². The second-order valence-electron chi connectivity index (χ2n) is 7.06. The Labute approximate surface area is 121 Å². The molecule has 2 aliphatic heterocycles. The summed E-state index contributed by atoms with van der Waals surface area (Å²) in [5, 5.41) is 6.42. The van der Waals surface area contributed by atoms with Gasteiger partial charge in [-0.2, -0.15) is 0 Å². The zero-order valence-electron chi connectivity index (χ0n) is 13.1. The average Bonchev–Trinajstić information content (AvgIpc) is 2.55. The van der Waals surface area contributed by atoms with Gasteiger partial charge in [0.2, 0.25) is 5.91 Å². The molecule has 0 radical (unpaired) electrons. The fourth-order valence-corrected chi connectivity index (χ4v) is 3.22. The van der Waals surface area contributed by atoms with Crippen LogP contribution in [0.3, 0.4) is 0 Å². The number of carbonyl (C=O) groups excluding carboxylic acids is 1. The smallest absolute Gasteiger partial charge is 0.234 e. The molecule has 2 N–H and O–H groups in total. The van der Waals surface area contributed by atoms with E-state index in [0.29, 0.717) is 6.54 Å². The fourth-order valence-electron chi connectivity index (χ4n) is 3.22. The Balaban J connectivity index is 1.75. The van der Waals surface area contributed by atoms with Gasteiger partial charge in [-0.1, -0.05) is 0 Å². The molecule has 5 heteroatoms. The van der Waals surface area contributed by atoms with Crippen LogP contribution >= 0.6 is 0 Å². The maximum absolute atomic E-state index is 12.0. The lowest BCUT2D eigenvalue weighted by Crippen LogP contribution is -2.49. The van der Waals surface area contributed by atoms with Gasteiger partial charge in [-0.3, -0.25) is 4.79 Å². The van der Waals surface area contributed by atoms with Crippen LogP contribution in [0.2, 0.25) is 0 Å². The summed E-state index contributed by atoms with van der Waals surface area (Å²) in [7, 11) is 0. The summed E-state index contributed by atoms with van der Waals surface area (Å²) in [6, 6.07) is 0.472. The Hall–Kier alpha value is -0.650. The first-order chi connectivity index (χ1) is 9.28. The van der Waals surface area contributed by atoms with Gasteiger partial charge in [0, 0.05) is 25.3 Å². The van der Waals surface area contributed by atoms with E-state index in [1.807, 2.05) is 0 Å². The van der Waals surface area contributed by atoms with E-state index in [1.54, 1.807) is 0 Å². The lowest BCUT2D eigenvalue weighted by Gasteiger charge is -2.28. The van der Waals surface area contributed by atoms with Crippen LogP contribution < -0.4 is 10.6 Å². The highest BCUT2D eigenvalue weighted by Gasteiger charge is 2.45. The molecule has 2 saturated heterocycles. The number of rotatable bonds is 4. The van der Waals surface area contributed by atoms with Crippen molar-refractivity contribution in [2.45, 2.75) is 70.2 Å². The van der Waals surface area contributed by atoms with Gasteiger partial charge in [0.05, 0.1) is 17.7 Å². The van der Waals surface area contributed by atoms with Crippen molar-refractivity contribution in [1.29, 1.82) is 0 Å². The lowest BCUT2D eigenvalue weighted by molar-refractivity contribution is -0.121. The van der Waals surface area contributed by atoms with Crippen LogP contribution in [-0.4, -0.2) is 49.0 Å². The van der Waals surface area contributed by atoms with Gasteiger partial charge < -0.3 is 20.1 Å². The second kappa shape index (κ2) is 6.00. The van der Waals surface area contributed by atoms with Crippen LogP contribution in [0.1, 0.15) is 47.0 Å². The SMILES string of the molecule is CC1(C)C[C@@H](NCC(=O)NC2CCOCC2)C(C)(C)O1. The van der Waals surface area contributed by atoms with Crippen molar-refractivity contribution in [3.8, 4) is 0 Å². The third-order valence-corrected chi connectivity index (χ3v) is 4.17. The van der Waals surface area contributed by atoms with E-state index < -0.39 is 0 Å². The first-order valence-corrected chi connectivity index (χ1v) is 7.59. The number of nitrogens with one attached hydrogen (secondary N) is 2. The van der Waals surface area contributed by atoms with Crippen molar-refractivity contribution >= 4 is 5.91 Å². The lowest BCUT2D eigenvalue weighted by atomic mass is 9.94. The minimum atomic E-state index is -0.234. The molecule has 0 aromatic heterocycles. The summed E-state index contributed by atoms with van der Waals surface area (Å²) in [5.41, 5.74) is -0.360. The van der Waals surface area contributed by atoms with Gasteiger partial charge in [0.1, 0.15) is 0 Å². The van der Waals surface area contributed by atoms with Crippen molar-refractivity contribution in [2.75, 3.05) is 19.8 Å². The maximum Gasteiger partial charge on any atom is 0.234 e. The quantitative estimate of drug-likeness (QED) is 0.815. The highest BCUT2D eigenvalue weighted by atomic mass is 16.5. The molecule has 5 nitrogen and oxygen atoms in total. The first-order valence-electron chi connectivity index (χ1n) is 7.59. The van der Waals surface area contributed by atoms with Crippen molar-refractivity contribution in [2.24, 2.45) is 0 Å². The van der Waals surface area contributed by atoms with Gasteiger partial charge >= 0.3 is 0 Å². The summed E-state index contributed by atoms with van der Waals surface area (Å²) in [5.74, 6) is 0.0670. The Morgan fingerprint density at radius 3 is 2.40 bits per heavy atom. The summed E-state index contributed by atoms with van der Waals surface area (Å²) >= 11 is 0. The van der Waals surface area contributed by atoms with Gasteiger partial charge in [0.25, 0.3) is 0 Å².